The number of ether oxygens (including phenoxy) is 1. The molecule has 2 atom stereocenters. The Morgan fingerprint density at radius 1 is 1.53 bits per heavy atom. The summed E-state index contributed by atoms with van der Waals surface area (Å²) in [7, 11) is -2.58. The highest BCUT2D eigenvalue weighted by molar-refractivity contribution is 7.90. The number of hydrogen-bond donors (Lipinski definition) is 1. The van der Waals surface area contributed by atoms with E-state index in [9.17, 15) is 13.2 Å². The minimum absolute atomic E-state index is 0.271. The summed E-state index contributed by atoms with van der Waals surface area (Å²) in [4.78, 5) is 11.0. The van der Waals surface area contributed by atoms with E-state index < -0.39 is 27.3 Å². The summed E-state index contributed by atoms with van der Waals surface area (Å²) < 4.78 is 29.7. The molecule has 0 aliphatic carbocycles. The van der Waals surface area contributed by atoms with E-state index in [1.54, 1.807) is 6.92 Å². The molecule has 0 aliphatic heterocycles. The number of sulfonamides is 1. The second-order valence-corrected chi connectivity index (χ2v) is 5.17. The number of hydrogen-bond acceptors (Lipinski definition) is 4. The number of methoxy groups -OCH3 is 1. The van der Waals surface area contributed by atoms with Crippen molar-refractivity contribution in [2.45, 2.75) is 31.6 Å². The van der Waals surface area contributed by atoms with Crippen molar-refractivity contribution < 1.29 is 17.9 Å². The van der Waals surface area contributed by atoms with E-state index in [1.807, 2.05) is 0 Å². The number of nitrogens with one attached hydrogen (secondary N) is 1. The van der Waals surface area contributed by atoms with Crippen LogP contribution in [0.3, 0.4) is 0 Å². The molecule has 0 aromatic heterocycles. The summed E-state index contributed by atoms with van der Waals surface area (Å²) in [5.41, 5.74) is 0. The molecule has 0 aromatic carbocycles. The molecule has 0 saturated carbocycles. The van der Waals surface area contributed by atoms with Gasteiger partial charge in [-0.25, -0.2) is 13.1 Å². The van der Waals surface area contributed by atoms with E-state index in [2.05, 4.69) is 15.4 Å². The Balaban J connectivity index is 4.57. The molecular formula is C9H15NO4S. The zero-order chi connectivity index (χ0) is 12.1. The van der Waals surface area contributed by atoms with Crippen molar-refractivity contribution in [3.05, 3.63) is 0 Å². The third-order valence-corrected chi connectivity index (χ3v) is 3.64. The first-order valence-corrected chi connectivity index (χ1v) is 5.92. The van der Waals surface area contributed by atoms with Gasteiger partial charge in [-0.3, -0.25) is 4.79 Å². The van der Waals surface area contributed by atoms with Crippen LogP contribution >= 0.6 is 0 Å². The van der Waals surface area contributed by atoms with Crippen molar-refractivity contribution in [3.8, 4) is 12.3 Å². The Hall–Kier alpha value is -1.06. The Morgan fingerprint density at radius 2 is 2.07 bits per heavy atom. The molecule has 86 valence electrons. The first-order valence-electron chi connectivity index (χ1n) is 4.37. The smallest absolute Gasteiger partial charge is 0.325 e. The lowest BCUT2D eigenvalue weighted by Gasteiger charge is -2.15. The van der Waals surface area contributed by atoms with E-state index in [-0.39, 0.29) is 6.42 Å². The van der Waals surface area contributed by atoms with Gasteiger partial charge in [0.25, 0.3) is 0 Å². The molecule has 0 aromatic rings. The Morgan fingerprint density at radius 3 is 2.47 bits per heavy atom. The molecule has 0 bridgehead atoms. The molecular weight excluding hydrogens is 218 g/mol. The van der Waals surface area contributed by atoms with Crippen LogP contribution in [0.1, 0.15) is 20.3 Å². The largest absolute Gasteiger partial charge is 0.468 e. The molecule has 0 heterocycles. The molecule has 2 unspecified atom stereocenters. The number of terminal acetylenes is 1. The maximum absolute atomic E-state index is 11.5. The molecule has 0 saturated heterocycles. The van der Waals surface area contributed by atoms with Gasteiger partial charge in [0.2, 0.25) is 10.0 Å². The molecule has 0 fully saturated rings. The van der Waals surface area contributed by atoms with Crippen molar-refractivity contribution in [3.63, 3.8) is 0 Å². The maximum Gasteiger partial charge on any atom is 0.325 e. The fourth-order valence-electron chi connectivity index (χ4n) is 0.894. The van der Waals surface area contributed by atoms with Crippen LogP contribution in [0.25, 0.3) is 0 Å². The van der Waals surface area contributed by atoms with Gasteiger partial charge in [-0.15, -0.1) is 12.3 Å². The van der Waals surface area contributed by atoms with E-state index in [4.69, 9.17) is 6.42 Å². The highest BCUT2D eigenvalue weighted by Crippen LogP contribution is 2.03. The second-order valence-electron chi connectivity index (χ2n) is 3.14. The first-order chi connectivity index (χ1) is 6.85. The Kier molecular flexibility index (Phi) is 5.33. The summed E-state index contributed by atoms with van der Waals surface area (Å²) >= 11 is 0. The van der Waals surface area contributed by atoms with Gasteiger partial charge in [0.05, 0.1) is 7.11 Å². The number of esters is 1. The number of rotatable bonds is 5. The second kappa shape index (κ2) is 5.73. The summed E-state index contributed by atoms with van der Waals surface area (Å²) in [6.45, 7) is 2.89. The van der Waals surface area contributed by atoms with Crippen LogP contribution in [-0.4, -0.2) is 32.8 Å². The third-order valence-electron chi connectivity index (χ3n) is 1.79. The van der Waals surface area contributed by atoms with Gasteiger partial charge in [0.1, 0.15) is 0 Å². The predicted molar refractivity (Wildman–Crippen MR) is 56.4 cm³/mol. The van der Waals surface area contributed by atoms with Crippen LogP contribution in [0.4, 0.5) is 0 Å². The van der Waals surface area contributed by atoms with Crippen LogP contribution in [0.15, 0.2) is 0 Å². The van der Waals surface area contributed by atoms with Gasteiger partial charge in [0.15, 0.2) is 5.25 Å². The molecule has 0 rings (SSSR count). The fourth-order valence-corrected chi connectivity index (χ4v) is 2.09. The van der Waals surface area contributed by atoms with Gasteiger partial charge >= 0.3 is 5.97 Å². The van der Waals surface area contributed by atoms with Crippen molar-refractivity contribution in [1.82, 2.24) is 4.72 Å². The van der Waals surface area contributed by atoms with Crippen LogP contribution in [0.5, 0.6) is 0 Å². The Bertz CT molecular complexity index is 355. The number of carbonyl (C=O) groups is 1. The minimum atomic E-state index is -3.71. The van der Waals surface area contributed by atoms with E-state index in [0.717, 1.165) is 7.11 Å². The van der Waals surface area contributed by atoms with Crippen molar-refractivity contribution in [1.29, 1.82) is 0 Å². The lowest BCUT2D eigenvalue weighted by molar-refractivity contribution is -0.139. The molecule has 5 nitrogen and oxygen atoms in total. The quantitative estimate of drug-likeness (QED) is 0.531. The summed E-state index contributed by atoms with van der Waals surface area (Å²) in [5.74, 6) is 1.53. The molecule has 1 N–H and O–H groups in total. The highest BCUT2D eigenvalue weighted by Gasteiger charge is 2.29. The van der Waals surface area contributed by atoms with Gasteiger partial charge < -0.3 is 4.74 Å². The monoisotopic (exact) mass is 233 g/mol. The van der Waals surface area contributed by atoms with Crippen molar-refractivity contribution in [2.75, 3.05) is 7.11 Å². The standard InChI is InChI=1S/C9H15NO4S/c1-5-6-7(2)10-15(12,13)8(3)9(11)14-4/h1,7-8,10H,6H2,2-4H3. The van der Waals surface area contributed by atoms with Crippen LogP contribution in [0.2, 0.25) is 0 Å². The average molecular weight is 233 g/mol. The molecule has 0 amide bonds. The van der Waals surface area contributed by atoms with Crippen LogP contribution in [-0.2, 0) is 19.6 Å². The number of carbonyl (C=O) groups excluding carboxylic acids is 1. The topological polar surface area (TPSA) is 72.5 Å². The lowest BCUT2D eigenvalue weighted by atomic mass is 10.3. The predicted octanol–water partition coefficient (Wildman–Crippen LogP) is -0.121. The Labute approximate surface area is 90.2 Å². The fraction of sp³-hybridized carbons (Fsp3) is 0.667. The van der Waals surface area contributed by atoms with E-state index in [0.29, 0.717) is 0 Å². The average Bonchev–Trinajstić information content (AvgIpc) is 2.15. The first kappa shape index (κ1) is 13.9. The van der Waals surface area contributed by atoms with Gasteiger partial charge in [-0.2, -0.15) is 0 Å². The van der Waals surface area contributed by atoms with Crippen LogP contribution in [0, 0.1) is 12.3 Å². The van der Waals surface area contributed by atoms with E-state index in [1.165, 1.54) is 6.92 Å². The van der Waals surface area contributed by atoms with Crippen molar-refractivity contribution >= 4 is 16.0 Å². The molecule has 15 heavy (non-hydrogen) atoms. The SMILES string of the molecule is C#CCC(C)NS(=O)(=O)C(C)C(=O)OC. The molecule has 0 radical (unpaired) electrons. The lowest BCUT2D eigenvalue weighted by Crippen LogP contribution is -2.42. The van der Waals surface area contributed by atoms with Crippen molar-refractivity contribution in [2.24, 2.45) is 0 Å². The normalized spacial score (nSPS) is 15.1. The van der Waals surface area contributed by atoms with Crippen LogP contribution < -0.4 is 4.72 Å². The zero-order valence-corrected chi connectivity index (χ0v) is 9.80. The molecule has 6 heteroatoms. The third kappa shape index (κ3) is 4.32. The summed E-state index contributed by atoms with van der Waals surface area (Å²) in [6, 6.07) is -0.396. The minimum Gasteiger partial charge on any atom is -0.468 e. The highest BCUT2D eigenvalue weighted by atomic mass is 32.2. The summed E-state index contributed by atoms with van der Waals surface area (Å²) in [5, 5.41) is -1.23. The maximum atomic E-state index is 11.5. The molecule has 0 spiro atoms. The van der Waals surface area contributed by atoms with Gasteiger partial charge in [-0.05, 0) is 13.8 Å². The molecule has 0 aliphatic rings. The van der Waals surface area contributed by atoms with E-state index >= 15 is 0 Å². The zero-order valence-electron chi connectivity index (χ0n) is 8.98. The van der Waals surface area contributed by atoms with Gasteiger partial charge in [0, 0.05) is 12.5 Å². The summed E-state index contributed by atoms with van der Waals surface area (Å²) in [6.07, 6.45) is 5.30. The van der Waals surface area contributed by atoms with Gasteiger partial charge in [-0.1, -0.05) is 0 Å².